The molecule has 8 heteroatoms. The number of terminal acetylenes is 1. The van der Waals surface area contributed by atoms with Gasteiger partial charge < -0.3 is 20.3 Å². The Balaban J connectivity index is 1.53. The number of hydrogen-bond donors (Lipinski definition) is 3. The van der Waals surface area contributed by atoms with Crippen LogP contribution in [0.15, 0.2) is 60.7 Å². The zero-order chi connectivity index (χ0) is 26.4. The van der Waals surface area contributed by atoms with Gasteiger partial charge in [0.15, 0.2) is 0 Å². The highest BCUT2D eigenvalue weighted by molar-refractivity contribution is 6.13. The number of ether oxygens (including phenoxy) is 1. The molecule has 0 spiro atoms. The molecule has 3 N–H and O–H groups in total. The summed E-state index contributed by atoms with van der Waals surface area (Å²) in [5.41, 5.74) is 1.73. The van der Waals surface area contributed by atoms with Gasteiger partial charge in [0.05, 0.1) is 23.9 Å². The summed E-state index contributed by atoms with van der Waals surface area (Å²) in [5.74, 6) is 1.22. The summed E-state index contributed by atoms with van der Waals surface area (Å²) in [6.45, 7) is 1.53. The summed E-state index contributed by atoms with van der Waals surface area (Å²) in [6, 6.07) is 15.5. The van der Waals surface area contributed by atoms with Gasteiger partial charge in [0.2, 0.25) is 0 Å². The number of carbonyl (C=O) groups is 2. The van der Waals surface area contributed by atoms with Crippen molar-refractivity contribution in [2.24, 2.45) is 0 Å². The minimum atomic E-state index is -0.745. The average Bonchev–Trinajstić information content (AvgIpc) is 2.93. The van der Waals surface area contributed by atoms with E-state index in [-0.39, 0.29) is 22.6 Å². The SMILES string of the molecule is C#Cc1ccc(NC(=O)c2cc(OC)ccc2NC(=O)c2ccc(C(=N)N3CCCCC3)cc2F)cc1. The van der Waals surface area contributed by atoms with Crippen molar-refractivity contribution >= 4 is 29.0 Å². The van der Waals surface area contributed by atoms with Crippen LogP contribution in [-0.4, -0.2) is 42.7 Å². The fourth-order valence-electron chi connectivity index (χ4n) is 4.13. The lowest BCUT2D eigenvalue weighted by Gasteiger charge is -2.29. The Morgan fingerprint density at radius 3 is 2.30 bits per heavy atom. The Morgan fingerprint density at radius 2 is 1.65 bits per heavy atom. The van der Waals surface area contributed by atoms with E-state index in [1.165, 1.54) is 31.4 Å². The van der Waals surface area contributed by atoms with Gasteiger partial charge in [-0.1, -0.05) is 12.0 Å². The maximum Gasteiger partial charge on any atom is 0.258 e. The lowest BCUT2D eigenvalue weighted by atomic mass is 10.1. The van der Waals surface area contributed by atoms with E-state index in [0.29, 0.717) is 22.6 Å². The number of halogens is 1. The van der Waals surface area contributed by atoms with Crippen LogP contribution in [0.3, 0.4) is 0 Å². The third-order valence-corrected chi connectivity index (χ3v) is 6.19. The van der Waals surface area contributed by atoms with E-state index < -0.39 is 17.6 Å². The number of methoxy groups -OCH3 is 1. The summed E-state index contributed by atoms with van der Waals surface area (Å²) < 4.78 is 20.2. The van der Waals surface area contributed by atoms with Crippen molar-refractivity contribution in [2.45, 2.75) is 19.3 Å². The Bertz CT molecular complexity index is 1370. The van der Waals surface area contributed by atoms with Gasteiger partial charge in [-0.25, -0.2) is 4.39 Å². The molecule has 7 nitrogen and oxygen atoms in total. The monoisotopic (exact) mass is 498 g/mol. The van der Waals surface area contributed by atoms with Gasteiger partial charge in [0, 0.05) is 29.9 Å². The van der Waals surface area contributed by atoms with Crippen LogP contribution in [0.5, 0.6) is 5.75 Å². The zero-order valence-electron chi connectivity index (χ0n) is 20.4. The van der Waals surface area contributed by atoms with Crippen LogP contribution < -0.4 is 15.4 Å². The smallest absolute Gasteiger partial charge is 0.258 e. The molecule has 0 aromatic heterocycles. The first kappa shape index (κ1) is 25.5. The quantitative estimate of drug-likeness (QED) is 0.249. The number of nitrogens with one attached hydrogen (secondary N) is 3. The van der Waals surface area contributed by atoms with Crippen molar-refractivity contribution in [1.29, 1.82) is 5.41 Å². The number of piperidine rings is 1. The van der Waals surface area contributed by atoms with Gasteiger partial charge >= 0.3 is 0 Å². The first-order valence-corrected chi connectivity index (χ1v) is 11.9. The molecular formula is C29H27FN4O3. The average molecular weight is 499 g/mol. The largest absolute Gasteiger partial charge is 0.497 e. The predicted molar refractivity (Wildman–Crippen MR) is 142 cm³/mol. The molecule has 0 atom stereocenters. The maximum absolute atomic E-state index is 15.0. The maximum atomic E-state index is 15.0. The van der Waals surface area contributed by atoms with Gasteiger partial charge in [-0.15, -0.1) is 6.42 Å². The Morgan fingerprint density at radius 1 is 0.946 bits per heavy atom. The molecule has 1 heterocycles. The second kappa shape index (κ2) is 11.4. The molecule has 1 fully saturated rings. The molecule has 3 aromatic rings. The second-order valence-electron chi connectivity index (χ2n) is 8.63. The molecular weight excluding hydrogens is 471 g/mol. The molecule has 3 aromatic carbocycles. The highest BCUT2D eigenvalue weighted by Gasteiger charge is 2.20. The van der Waals surface area contributed by atoms with Gasteiger partial charge in [0.1, 0.15) is 17.4 Å². The molecule has 1 aliphatic heterocycles. The summed E-state index contributed by atoms with van der Waals surface area (Å²) in [4.78, 5) is 27.9. The van der Waals surface area contributed by atoms with Crippen molar-refractivity contribution < 1.29 is 18.7 Å². The molecule has 0 saturated carbocycles. The number of likely N-dealkylation sites (tertiary alicyclic amines) is 1. The minimum Gasteiger partial charge on any atom is -0.497 e. The highest BCUT2D eigenvalue weighted by atomic mass is 19.1. The summed E-state index contributed by atoms with van der Waals surface area (Å²) >= 11 is 0. The fraction of sp³-hybridized carbons (Fsp3) is 0.207. The van der Waals surface area contributed by atoms with E-state index >= 15 is 0 Å². The molecule has 4 rings (SSSR count). The lowest BCUT2D eigenvalue weighted by Crippen LogP contribution is -2.35. The van der Waals surface area contributed by atoms with Crippen LogP contribution >= 0.6 is 0 Å². The van der Waals surface area contributed by atoms with Gasteiger partial charge in [-0.2, -0.15) is 0 Å². The lowest BCUT2D eigenvalue weighted by molar-refractivity contribution is 0.102. The number of carbonyl (C=O) groups excluding carboxylic acids is 2. The van der Waals surface area contributed by atoms with Crippen LogP contribution in [0.1, 0.15) is 51.1 Å². The number of anilines is 2. The third-order valence-electron chi connectivity index (χ3n) is 6.19. The molecule has 0 bridgehead atoms. The molecule has 188 valence electrons. The van der Waals surface area contributed by atoms with Crippen molar-refractivity contribution in [3.05, 3.63) is 88.7 Å². The summed E-state index contributed by atoms with van der Waals surface area (Å²) in [7, 11) is 1.46. The number of rotatable bonds is 6. The van der Waals surface area contributed by atoms with E-state index in [1.807, 2.05) is 4.90 Å². The van der Waals surface area contributed by atoms with Crippen LogP contribution in [0, 0.1) is 23.6 Å². The van der Waals surface area contributed by atoms with Crippen LogP contribution in [0.25, 0.3) is 0 Å². The summed E-state index contributed by atoms with van der Waals surface area (Å²) in [6.07, 6.45) is 8.50. The minimum absolute atomic E-state index is 0.137. The topological polar surface area (TPSA) is 94.5 Å². The molecule has 0 unspecified atom stereocenters. The first-order chi connectivity index (χ1) is 17.9. The Labute approximate surface area is 215 Å². The highest BCUT2D eigenvalue weighted by Crippen LogP contribution is 2.25. The fourth-order valence-corrected chi connectivity index (χ4v) is 4.13. The van der Waals surface area contributed by atoms with E-state index in [9.17, 15) is 14.0 Å². The number of amides is 2. The van der Waals surface area contributed by atoms with Crippen molar-refractivity contribution in [1.82, 2.24) is 4.90 Å². The second-order valence-corrected chi connectivity index (χ2v) is 8.63. The van der Waals surface area contributed by atoms with Crippen molar-refractivity contribution in [3.63, 3.8) is 0 Å². The molecule has 0 radical (unpaired) electrons. The van der Waals surface area contributed by atoms with Crippen molar-refractivity contribution in [2.75, 3.05) is 30.8 Å². The predicted octanol–water partition coefficient (Wildman–Crippen LogP) is 5.13. The number of amidine groups is 1. The Kier molecular flexibility index (Phi) is 7.84. The van der Waals surface area contributed by atoms with E-state index in [0.717, 1.165) is 32.4 Å². The number of benzene rings is 3. The summed E-state index contributed by atoms with van der Waals surface area (Å²) in [5, 5.41) is 13.8. The van der Waals surface area contributed by atoms with Gasteiger partial charge in [-0.05, 0) is 73.9 Å². The number of nitrogens with zero attached hydrogens (tertiary/aromatic N) is 1. The van der Waals surface area contributed by atoms with Crippen molar-refractivity contribution in [3.8, 4) is 18.1 Å². The van der Waals surface area contributed by atoms with E-state index in [1.54, 1.807) is 36.4 Å². The zero-order valence-corrected chi connectivity index (χ0v) is 20.4. The van der Waals surface area contributed by atoms with E-state index in [2.05, 4.69) is 16.6 Å². The van der Waals surface area contributed by atoms with Gasteiger partial charge in [-0.3, -0.25) is 15.0 Å². The third kappa shape index (κ3) is 5.96. The molecule has 2 amide bonds. The molecule has 1 aliphatic rings. The molecule has 37 heavy (non-hydrogen) atoms. The van der Waals surface area contributed by atoms with Crippen LogP contribution in [-0.2, 0) is 0 Å². The normalized spacial score (nSPS) is 12.8. The standard InChI is InChI=1S/C29H27FN4O3/c1-3-19-7-10-21(11-8-19)32-29(36)24-18-22(37-2)12-14-26(24)33-28(35)23-13-9-20(17-25(23)30)27(31)34-15-5-4-6-16-34/h1,7-14,17-18,31H,4-6,15-16H2,2H3,(H,32,36)(H,33,35). The van der Waals surface area contributed by atoms with Gasteiger partial charge in [0.25, 0.3) is 11.8 Å². The van der Waals surface area contributed by atoms with Crippen LogP contribution in [0.4, 0.5) is 15.8 Å². The molecule has 1 saturated heterocycles. The van der Waals surface area contributed by atoms with E-state index in [4.69, 9.17) is 16.6 Å². The molecule has 0 aliphatic carbocycles. The number of hydrogen-bond acceptors (Lipinski definition) is 4. The Hall–Kier alpha value is -4.64. The first-order valence-electron chi connectivity index (χ1n) is 11.9. The van der Waals surface area contributed by atoms with Crippen LogP contribution in [0.2, 0.25) is 0 Å².